The molecule has 0 bridgehead atoms. The van der Waals surface area contributed by atoms with E-state index in [1.54, 1.807) is 13.0 Å². The summed E-state index contributed by atoms with van der Waals surface area (Å²) in [7, 11) is -2.52. The number of rotatable bonds is 5. The zero-order valence-electron chi connectivity index (χ0n) is 17.2. The first-order valence-electron chi connectivity index (χ1n) is 9.29. The largest absolute Gasteiger partial charge is 0.325 e. The summed E-state index contributed by atoms with van der Waals surface area (Å²) in [6.45, 7) is 7.18. The SMILES string of the molecule is Cc1cc(C)c(NC(=O)CN(C)S(=O)(=O)c2ccc3c(c2)[C@@H](C)C(=O)N3)c(C)c1. The Balaban J connectivity index is 1.78. The topological polar surface area (TPSA) is 95.6 Å². The van der Waals surface area contributed by atoms with Gasteiger partial charge in [0.15, 0.2) is 0 Å². The first kappa shape index (κ1) is 21.0. The van der Waals surface area contributed by atoms with Crippen LogP contribution in [0.4, 0.5) is 11.4 Å². The Hall–Kier alpha value is -2.71. The van der Waals surface area contributed by atoms with Gasteiger partial charge >= 0.3 is 0 Å². The van der Waals surface area contributed by atoms with Crippen LogP contribution >= 0.6 is 0 Å². The van der Waals surface area contributed by atoms with Crippen molar-refractivity contribution < 1.29 is 18.0 Å². The van der Waals surface area contributed by atoms with Crippen LogP contribution in [0.2, 0.25) is 0 Å². The van der Waals surface area contributed by atoms with Crippen molar-refractivity contribution in [3.05, 3.63) is 52.6 Å². The van der Waals surface area contributed by atoms with E-state index in [0.29, 0.717) is 16.9 Å². The van der Waals surface area contributed by atoms with E-state index in [-0.39, 0.29) is 17.3 Å². The lowest BCUT2D eigenvalue weighted by molar-refractivity contribution is -0.117. The van der Waals surface area contributed by atoms with E-state index in [9.17, 15) is 18.0 Å². The van der Waals surface area contributed by atoms with Gasteiger partial charge in [-0.15, -0.1) is 0 Å². The number of likely N-dealkylation sites (N-methyl/N-ethyl adjacent to an activating group) is 1. The normalized spacial score (nSPS) is 15.9. The van der Waals surface area contributed by atoms with Gasteiger partial charge in [-0.2, -0.15) is 4.31 Å². The summed E-state index contributed by atoms with van der Waals surface area (Å²) in [5.41, 5.74) is 4.89. The first-order valence-corrected chi connectivity index (χ1v) is 10.7. The number of sulfonamides is 1. The molecule has 29 heavy (non-hydrogen) atoms. The second-order valence-electron chi connectivity index (χ2n) is 7.54. The molecular weight excluding hydrogens is 390 g/mol. The molecule has 0 aromatic heterocycles. The number of benzene rings is 2. The van der Waals surface area contributed by atoms with Gasteiger partial charge in [0.25, 0.3) is 0 Å². The third-order valence-electron chi connectivity index (χ3n) is 5.16. The predicted molar refractivity (Wildman–Crippen MR) is 113 cm³/mol. The van der Waals surface area contributed by atoms with E-state index in [2.05, 4.69) is 10.6 Å². The zero-order valence-corrected chi connectivity index (χ0v) is 18.0. The highest BCUT2D eigenvalue weighted by Gasteiger charge is 2.30. The number of carbonyl (C=O) groups excluding carboxylic acids is 2. The Morgan fingerprint density at radius 1 is 1.14 bits per heavy atom. The molecule has 3 rings (SSSR count). The summed E-state index contributed by atoms with van der Waals surface area (Å²) in [5.74, 6) is -0.995. The summed E-state index contributed by atoms with van der Waals surface area (Å²) in [6, 6.07) is 8.44. The third kappa shape index (κ3) is 4.04. The molecule has 7 nitrogen and oxygen atoms in total. The van der Waals surface area contributed by atoms with Crippen molar-refractivity contribution in [2.45, 2.75) is 38.5 Å². The van der Waals surface area contributed by atoms with E-state index in [1.807, 2.05) is 32.9 Å². The van der Waals surface area contributed by atoms with Crippen molar-refractivity contribution in [1.82, 2.24) is 4.31 Å². The molecule has 0 fully saturated rings. The van der Waals surface area contributed by atoms with Gasteiger partial charge in [-0.25, -0.2) is 8.42 Å². The lowest BCUT2D eigenvalue weighted by Crippen LogP contribution is -2.35. The minimum Gasteiger partial charge on any atom is -0.325 e. The molecule has 2 N–H and O–H groups in total. The van der Waals surface area contributed by atoms with Crippen molar-refractivity contribution in [1.29, 1.82) is 0 Å². The Kier molecular flexibility index (Phi) is 5.51. The number of fused-ring (bicyclic) bond motifs is 1. The van der Waals surface area contributed by atoms with Gasteiger partial charge in [0.2, 0.25) is 21.8 Å². The van der Waals surface area contributed by atoms with Crippen molar-refractivity contribution in [2.75, 3.05) is 24.2 Å². The fourth-order valence-electron chi connectivity index (χ4n) is 3.58. The smallest absolute Gasteiger partial charge is 0.243 e. The van der Waals surface area contributed by atoms with Crippen molar-refractivity contribution in [2.24, 2.45) is 0 Å². The Morgan fingerprint density at radius 3 is 2.38 bits per heavy atom. The van der Waals surface area contributed by atoms with E-state index >= 15 is 0 Å². The Morgan fingerprint density at radius 2 is 1.76 bits per heavy atom. The average molecular weight is 416 g/mol. The van der Waals surface area contributed by atoms with Gasteiger partial charge < -0.3 is 10.6 Å². The zero-order chi connectivity index (χ0) is 21.5. The van der Waals surface area contributed by atoms with Crippen LogP contribution in [0.3, 0.4) is 0 Å². The molecule has 1 aliphatic rings. The van der Waals surface area contributed by atoms with Crippen LogP contribution in [0.5, 0.6) is 0 Å². The maximum atomic E-state index is 12.9. The monoisotopic (exact) mass is 415 g/mol. The minimum absolute atomic E-state index is 0.0533. The highest BCUT2D eigenvalue weighted by molar-refractivity contribution is 7.89. The molecule has 2 aromatic rings. The number of nitrogens with zero attached hydrogens (tertiary/aromatic N) is 1. The quantitative estimate of drug-likeness (QED) is 0.785. The molecule has 154 valence electrons. The van der Waals surface area contributed by atoms with Gasteiger partial charge in [-0.1, -0.05) is 17.7 Å². The van der Waals surface area contributed by atoms with Crippen LogP contribution in [0.15, 0.2) is 35.2 Å². The first-order chi connectivity index (χ1) is 13.5. The summed E-state index contributed by atoms with van der Waals surface area (Å²) in [6.07, 6.45) is 0. The van der Waals surface area contributed by atoms with Crippen molar-refractivity contribution >= 4 is 33.2 Å². The van der Waals surface area contributed by atoms with Crippen LogP contribution in [0.25, 0.3) is 0 Å². The second kappa shape index (κ2) is 7.61. The number of amides is 2. The van der Waals surface area contributed by atoms with Gasteiger partial charge in [0.1, 0.15) is 0 Å². The minimum atomic E-state index is -3.88. The van der Waals surface area contributed by atoms with Crippen LogP contribution in [0, 0.1) is 20.8 Å². The molecule has 8 heteroatoms. The molecule has 1 aliphatic heterocycles. The van der Waals surface area contributed by atoms with Gasteiger partial charge in [0.05, 0.1) is 17.4 Å². The van der Waals surface area contributed by atoms with Crippen LogP contribution < -0.4 is 10.6 Å². The van der Waals surface area contributed by atoms with Gasteiger partial charge in [-0.05, 0) is 62.6 Å². The molecule has 0 aliphatic carbocycles. The molecule has 0 unspecified atom stereocenters. The fourth-order valence-corrected chi connectivity index (χ4v) is 4.74. The molecule has 0 spiro atoms. The van der Waals surface area contributed by atoms with Gasteiger partial charge in [-0.3, -0.25) is 9.59 Å². The second-order valence-corrected chi connectivity index (χ2v) is 9.59. The number of nitrogens with one attached hydrogen (secondary N) is 2. The maximum Gasteiger partial charge on any atom is 0.243 e. The van der Waals surface area contributed by atoms with Gasteiger partial charge in [0, 0.05) is 18.4 Å². The molecule has 0 saturated carbocycles. The van der Waals surface area contributed by atoms with Crippen LogP contribution in [0.1, 0.15) is 35.1 Å². The number of hydrogen-bond donors (Lipinski definition) is 2. The Labute approximate surface area is 171 Å². The van der Waals surface area contributed by atoms with Crippen LogP contribution in [-0.2, 0) is 19.6 Å². The third-order valence-corrected chi connectivity index (χ3v) is 6.96. The maximum absolute atomic E-state index is 12.9. The van der Waals surface area contributed by atoms with Crippen molar-refractivity contribution in [3.8, 4) is 0 Å². The summed E-state index contributed by atoms with van der Waals surface area (Å²) in [5, 5.41) is 5.53. The number of anilines is 2. The molecular formula is C21H25N3O4S. The Bertz CT molecular complexity index is 1090. The molecule has 0 saturated heterocycles. The number of hydrogen-bond acceptors (Lipinski definition) is 4. The van der Waals surface area contributed by atoms with E-state index in [0.717, 1.165) is 21.0 Å². The van der Waals surface area contributed by atoms with Crippen molar-refractivity contribution in [3.63, 3.8) is 0 Å². The lowest BCUT2D eigenvalue weighted by Gasteiger charge is -2.19. The molecule has 1 atom stereocenters. The fraction of sp³-hybridized carbons (Fsp3) is 0.333. The van der Waals surface area contributed by atoms with E-state index in [4.69, 9.17) is 0 Å². The summed E-state index contributed by atoms with van der Waals surface area (Å²) < 4.78 is 26.9. The summed E-state index contributed by atoms with van der Waals surface area (Å²) in [4.78, 5) is 24.4. The average Bonchev–Trinajstić information content (AvgIpc) is 2.91. The predicted octanol–water partition coefficient (Wildman–Crippen LogP) is 2.93. The standard InChI is InChI=1S/C21H25N3O4S/c1-12-8-13(2)20(14(3)9-12)23-19(25)11-24(5)29(27,28)16-6-7-18-17(10-16)15(4)21(26)22-18/h6-10,15H,11H2,1-5H3,(H,22,26)(H,23,25)/t15-/m1/s1. The molecule has 0 radical (unpaired) electrons. The van der Waals surface area contributed by atoms with Crippen LogP contribution in [-0.4, -0.2) is 38.1 Å². The van der Waals surface area contributed by atoms with E-state index < -0.39 is 21.8 Å². The molecule has 1 heterocycles. The summed E-state index contributed by atoms with van der Waals surface area (Å²) >= 11 is 0. The highest BCUT2D eigenvalue weighted by Crippen LogP contribution is 2.34. The molecule has 2 aromatic carbocycles. The number of carbonyl (C=O) groups is 2. The lowest BCUT2D eigenvalue weighted by atomic mass is 10.0. The molecule has 2 amide bonds. The van der Waals surface area contributed by atoms with E-state index in [1.165, 1.54) is 19.2 Å². The number of aryl methyl sites for hydroxylation is 3. The highest BCUT2D eigenvalue weighted by atomic mass is 32.2.